The Morgan fingerprint density at radius 1 is 0.556 bits per heavy atom. The van der Waals surface area contributed by atoms with Gasteiger partial charge in [0.25, 0.3) is 0 Å². The second-order valence-corrected chi connectivity index (χ2v) is 5.54. The third kappa shape index (κ3) is 9.64. The Labute approximate surface area is 112 Å². The van der Waals surface area contributed by atoms with Gasteiger partial charge in [0.1, 0.15) is 5.78 Å². The van der Waals surface area contributed by atoms with Crippen LogP contribution in [-0.4, -0.2) is 19.0 Å². The molecule has 1 heterocycles. The van der Waals surface area contributed by atoms with Gasteiger partial charge >= 0.3 is 0 Å². The Hall–Kier alpha value is -0.370. The third-order valence-corrected chi connectivity index (χ3v) is 3.74. The molecular formula is C16H30O2. The Kier molecular flexibility index (Phi) is 10.2. The molecule has 0 radical (unpaired) electrons. The van der Waals surface area contributed by atoms with E-state index in [1.165, 1.54) is 57.8 Å². The first kappa shape index (κ1) is 15.7. The fourth-order valence-corrected chi connectivity index (χ4v) is 2.52. The summed E-state index contributed by atoms with van der Waals surface area (Å²) in [6.07, 6.45) is 15.1. The average molecular weight is 254 g/mol. The van der Waals surface area contributed by atoms with Gasteiger partial charge in [0.05, 0.1) is 0 Å². The lowest BCUT2D eigenvalue weighted by molar-refractivity contribution is -0.119. The first-order chi connectivity index (χ1) is 8.89. The molecule has 18 heavy (non-hydrogen) atoms. The van der Waals surface area contributed by atoms with Crippen LogP contribution in [-0.2, 0) is 9.53 Å². The van der Waals surface area contributed by atoms with Crippen molar-refractivity contribution in [3.8, 4) is 0 Å². The number of ether oxygens (including phenoxy) is 1. The van der Waals surface area contributed by atoms with Crippen LogP contribution in [0.15, 0.2) is 0 Å². The van der Waals surface area contributed by atoms with Crippen molar-refractivity contribution in [3.05, 3.63) is 0 Å². The van der Waals surface area contributed by atoms with E-state index in [1.54, 1.807) is 0 Å². The highest BCUT2D eigenvalue weighted by atomic mass is 16.5. The smallest absolute Gasteiger partial charge is 0.132 e. The van der Waals surface area contributed by atoms with E-state index < -0.39 is 0 Å². The van der Waals surface area contributed by atoms with Gasteiger partial charge in [-0.2, -0.15) is 0 Å². The van der Waals surface area contributed by atoms with Crippen molar-refractivity contribution in [1.29, 1.82) is 0 Å². The fraction of sp³-hybridized carbons (Fsp3) is 0.938. The molecule has 0 N–H and O–H groups in total. The van der Waals surface area contributed by atoms with Crippen LogP contribution in [0.2, 0.25) is 0 Å². The minimum absolute atomic E-state index is 0.489. The Morgan fingerprint density at radius 3 is 1.44 bits per heavy atom. The maximum absolute atomic E-state index is 11.6. The van der Waals surface area contributed by atoms with Crippen molar-refractivity contribution >= 4 is 5.78 Å². The van der Waals surface area contributed by atoms with E-state index in [0.29, 0.717) is 5.78 Å². The van der Waals surface area contributed by atoms with E-state index in [1.807, 2.05) is 0 Å². The van der Waals surface area contributed by atoms with Gasteiger partial charge in [-0.1, -0.05) is 44.9 Å². The van der Waals surface area contributed by atoms with Gasteiger partial charge in [-0.05, 0) is 25.7 Å². The van der Waals surface area contributed by atoms with Crippen LogP contribution in [0, 0.1) is 0 Å². The molecule has 0 aromatic heterocycles. The molecule has 0 aromatic carbocycles. The summed E-state index contributed by atoms with van der Waals surface area (Å²) in [6.45, 7) is 1.87. The van der Waals surface area contributed by atoms with E-state index in [-0.39, 0.29) is 0 Å². The molecule has 2 heteroatoms. The largest absolute Gasteiger partial charge is 0.381 e. The molecule has 1 fully saturated rings. The lowest BCUT2D eigenvalue weighted by Gasteiger charge is -2.04. The Bertz CT molecular complexity index is 181. The van der Waals surface area contributed by atoms with Crippen molar-refractivity contribution in [3.63, 3.8) is 0 Å². The SMILES string of the molecule is O=C1CCCCCCCCOCCCCCCC1. The lowest BCUT2D eigenvalue weighted by Crippen LogP contribution is -1.97. The molecule has 1 aliphatic heterocycles. The van der Waals surface area contributed by atoms with E-state index in [2.05, 4.69) is 0 Å². The minimum atomic E-state index is 0.489. The van der Waals surface area contributed by atoms with E-state index in [9.17, 15) is 4.79 Å². The molecule has 0 saturated carbocycles. The van der Waals surface area contributed by atoms with Crippen molar-refractivity contribution in [2.24, 2.45) is 0 Å². The van der Waals surface area contributed by atoms with Gasteiger partial charge in [0.2, 0.25) is 0 Å². The van der Waals surface area contributed by atoms with Crippen LogP contribution in [0.5, 0.6) is 0 Å². The molecule has 0 spiro atoms. The molecule has 0 bridgehead atoms. The zero-order chi connectivity index (χ0) is 12.9. The van der Waals surface area contributed by atoms with Crippen LogP contribution < -0.4 is 0 Å². The van der Waals surface area contributed by atoms with E-state index in [0.717, 1.165) is 38.9 Å². The van der Waals surface area contributed by atoms with Gasteiger partial charge in [0, 0.05) is 26.1 Å². The van der Waals surface area contributed by atoms with Gasteiger partial charge in [-0.3, -0.25) is 4.79 Å². The van der Waals surface area contributed by atoms with Gasteiger partial charge in [0.15, 0.2) is 0 Å². The second-order valence-electron chi connectivity index (χ2n) is 5.54. The van der Waals surface area contributed by atoms with Crippen LogP contribution in [0.1, 0.15) is 83.5 Å². The summed E-state index contributed by atoms with van der Waals surface area (Å²) in [5, 5.41) is 0. The van der Waals surface area contributed by atoms with E-state index in [4.69, 9.17) is 4.74 Å². The molecular weight excluding hydrogens is 224 g/mol. The van der Waals surface area contributed by atoms with Gasteiger partial charge < -0.3 is 4.74 Å². The van der Waals surface area contributed by atoms with E-state index >= 15 is 0 Å². The second kappa shape index (κ2) is 11.7. The van der Waals surface area contributed by atoms with Crippen LogP contribution >= 0.6 is 0 Å². The molecule has 0 unspecified atom stereocenters. The topological polar surface area (TPSA) is 26.3 Å². The van der Waals surface area contributed by atoms with Crippen LogP contribution in [0.25, 0.3) is 0 Å². The molecule has 1 aliphatic rings. The average Bonchev–Trinajstić information content (AvgIpc) is 2.37. The monoisotopic (exact) mass is 254 g/mol. The number of carbonyl (C=O) groups excluding carboxylic acids is 1. The Balaban J connectivity index is 2.11. The van der Waals surface area contributed by atoms with Crippen molar-refractivity contribution < 1.29 is 9.53 Å². The molecule has 1 rings (SSSR count). The minimum Gasteiger partial charge on any atom is -0.381 e. The van der Waals surface area contributed by atoms with Crippen molar-refractivity contribution in [2.75, 3.05) is 13.2 Å². The molecule has 0 amide bonds. The number of rotatable bonds is 0. The molecule has 1 saturated heterocycles. The number of carbonyl (C=O) groups is 1. The lowest BCUT2D eigenvalue weighted by atomic mass is 10.0. The number of hydrogen-bond donors (Lipinski definition) is 0. The predicted octanol–water partition coefficient (Wildman–Crippen LogP) is 4.66. The first-order valence-electron chi connectivity index (χ1n) is 7.99. The summed E-state index contributed by atoms with van der Waals surface area (Å²) in [6, 6.07) is 0. The normalized spacial score (nSPS) is 23.4. The quantitative estimate of drug-likeness (QED) is 0.628. The van der Waals surface area contributed by atoms with Gasteiger partial charge in [-0.15, -0.1) is 0 Å². The summed E-state index contributed by atoms with van der Waals surface area (Å²) in [5.41, 5.74) is 0. The highest BCUT2D eigenvalue weighted by Crippen LogP contribution is 2.12. The Morgan fingerprint density at radius 2 is 0.944 bits per heavy atom. The fourth-order valence-electron chi connectivity index (χ4n) is 2.52. The summed E-state index contributed by atoms with van der Waals surface area (Å²) >= 11 is 0. The molecule has 0 atom stereocenters. The summed E-state index contributed by atoms with van der Waals surface area (Å²) in [4.78, 5) is 11.6. The van der Waals surface area contributed by atoms with Crippen LogP contribution in [0.4, 0.5) is 0 Å². The van der Waals surface area contributed by atoms with Gasteiger partial charge in [-0.25, -0.2) is 0 Å². The highest BCUT2D eigenvalue weighted by Gasteiger charge is 2.02. The standard InChI is InChI=1S/C16H30O2/c17-16-12-8-4-1-2-6-10-14-18-15-11-7-3-5-9-13-16/h1-15H2. The molecule has 2 nitrogen and oxygen atoms in total. The van der Waals surface area contributed by atoms with Crippen molar-refractivity contribution in [1.82, 2.24) is 0 Å². The molecule has 0 aromatic rings. The maximum Gasteiger partial charge on any atom is 0.132 e. The molecule has 0 aliphatic carbocycles. The highest BCUT2D eigenvalue weighted by molar-refractivity contribution is 5.78. The summed E-state index contributed by atoms with van der Waals surface area (Å²) in [5.74, 6) is 0.489. The zero-order valence-corrected chi connectivity index (χ0v) is 11.9. The first-order valence-corrected chi connectivity index (χ1v) is 7.99. The summed E-state index contributed by atoms with van der Waals surface area (Å²) in [7, 11) is 0. The number of hydrogen-bond acceptors (Lipinski definition) is 2. The van der Waals surface area contributed by atoms with Crippen molar-refractivity contribution in [2.45, 2.75) is 83.5 Å². The zero-order valence-electron chi connectivity index (χ0n) is 11.9. The molecule has 106 valence electrons. The number of Topliss-reactive ketones (excluding diaryl/α,β-unsaturated/α-hetero) is 1. The summed E-state index contributed by atoms with van der Waals surface area (Å²) < 4.78 is 5.62. The third-order valence-electron chi connectivity index (χ3n) is 3.74. The predicted molar refractivity (Wildman–Crippen MR) is 75.8 cm³/mol. The maximum atomic E-state index is 11.6. The van der Waals surface area contributed by atoms with Crippen LogP contribution in [0.3, 0.4) is 0 Å². The number of ketones is 1.